The van der Waals surface area contributed by atoms with Crippen molar-refractivity contribution in [2.45, 2.75) is 20.1 Å². The van der Waals surface area contributed by atoms with Gasteiger partial charge in [-0.05, 0) is 18.1 Å². The molecular weight excluding hydrogens is 234 g/mol. The van der Waals surface area contributed by atoms with Crippen LogP contribution in [-0.2, 0) is 27.5 Å². The first-order valence-electron chi connectivity index (χ1n) is 5.62. The van der Waals surface area contributed by atoms with E-state index in [0.29, 0.717) is 13.2 Å². The number of methoxy groups -OCH3 is 1. The smallest absolute Gasteiger partial charge is 0.315 e. The molecule has 1 atom stereocenters. The number of rotatable bonds is 6. The Kier molecular flexibility index (Phi) is 5.32. The van der Waals surface area contributed by atoms with Crippen molar-refractivity contribution in [3.63, 3.8) is 0 Å². The second-order valence-corrected chi connectivity index (χ2v) is 4.03. The van der Waals surface area contributed by atoms with Crippen molar-refractivity contribution in [2.75, 3.05) is 7.11 Å². The molecule has 98 valence electrons. The maximum Gasteiger partial charge on any atom is 0.315 e. The summed E-state index contributed by atoms with van der Waals surface area (Å²) in [6.45, 7) is 2.18. The molecule has 0 heterocycles. The molecule has 5 heteroatoms. The summed E-state index contributed by atoms with van der Waals surface area (Å²) in [6.07, 6.45) is 0. The van der Waals surface area contributed by atoms with Crippen molar-refractivity contribution in [1.29, 1.82) is 0 Å². The van der Waals surface area contributed by atoms with Crippen molar-refractivity contribution in [3.05, 3.63) is 35.4 Å². The maximum absolute atomic E-state index is 11.5. The largest absolute Gasteiger partial charge is 0.481 e. The number of aliphatic carboxylic acids is 1. The monoisotopic (exact) mass is 251 g/mol. The van der Waals surface area contributed by atoms with Gasteiger partial charge >= 0.3 is 5.97 Å². The molecule has 0 spiro atoms. The molecule has 0 bridgehead atoms. The Balaban J connectivity index is 2.55. The van der Waals surface area contributed by atoms with Gasteiger partial charge in [-0.3, -0.25) is 9.59 Å². The molecule has 0 aliphatic carbocycles. The minimum absolute atomic E-state index is 0.313. The number of carboxylic acids is 1. The predicted molar refractivity (Wildman–Crippen MR) is 65.8 cm³/mol. The summed E-state index contributed by atoms with van der Waals surface area (Å²) < 4.78 is 5.01. The van der Waals surface area contributed by atoms with Crippen LogP contribution in [0, 0.1) is 5.92 Å². The van der Waals surface area contributed by atoms with Crippen molar-refractivity contribution < 1.29 is 19.4 Å². The van der Waals surface area contributed by atoms with Gasteiger partial charge in [-0.1, -0.05) is 24.3 Å². The molecule has 0 radical (unpaired) electrons. The lowest BCUT2D eigenvalue weighted by Gasteiger charge is -2.09. The van der Waals surface area contributed by atoms with Crippen LogP contribution in [0.25, 0.3) is 0 Å². The summed E-state index contributed by atoms with van der Waals surface area (Å²) in [7, 11) is 1.61. The van der Waals surface area contributed by atoms with Gasteiger partial charge in [0.2, 0.25) is 5.91 Å². The Bertz CT molecular complexity index is 431. The van der Waals surface area contributed by atoms with Gasteiger partial charge < -0.3 is 15.2 Å². The quantitative estimate of drug-likeness (QED) is 0.744. The lowest BCUT2D eigenvalue weighted by molar-refractivity contribution is -0.146. The first kappa shape index (κ1) is 14.2. The highest BCUT2D eigenvalue weighted by molar-refractivity contribution is 5.96. The SMILES string of the molecule is COCc1cccc(CNC(=O)C(C)C(=O)O)c1. The van der Waals surface area contributed by atoms with Crippen molar-refractivity contribution in [3.8, 4) is 0 Å². The molecule has 0 fully saturated rings. The van der Waals surface area contributed by atoms with Crippen LogP contribution in [0.2, 0.25) is 0 Å². The highest BCUT2D eigenvalue weighted by atomic mass is 16.5. The molecular formula is C13H17NO4. The number of amides is 1. The van der Waals surface area contributed by atoms with Crippen LogP contribution >= 0.6 is 0 Å². The Morgan fingerprint density at radius 2 is 2.06 bits per heavy atom. The minimum Gasteiger partial charge on any atom is -0.481 e. The fourth-order valence-corrected chi connectivity index (χ4v) is 1.45. The van der Waals surface area contributed by atoms with Gasteiger partial charge in [0, 0.05) is 13.7 Å². The van der Waals surface area contributed by atoms with E-state index in [4.69, 9.17) is 9.84 Å². The van der Waals surface area contributed by atoms with Crippen molar-refractivity contribution in [1.82, 2.24) is 5.32 Å². The van der Waals surface area contributed by atoms with Gasteiger partial charge in [0.25, 0.3) is 0 Å². The summed E-state index contributed by atoms with van der Waals surface area (Å²) >= 11 is 0. The maximum atomic E-state index is 11.5. The zero-order chi connectivity index (χ0) is 13.5. The van der Waals surface area contributed by atoms with Crippen LogP contribution in [0.15, 0.2) is 24.3 Å². The normalized spacial score (nSPS) is 11.9. The zero-order valence-corrected chi connectivity index (χ0v) is 10.5. The van der Waals surface area contributed by atoms with E-state index in [0.717, 1.165) is 11.1 Å². The van der Waals surface area contributed by atoms with Crippen LogP contribution in [0.3, 0.4) is 0 Å². The van der Waals surface area contributed by atoms with Crippen molar-refractivity contribution in [2.24, 2.45) is 5.92 Å². The summed E-state index contributed by atoms with van der Waals surface area (Å²) in [4.78, 5) is 22.1. The molecule has 1 aromatic rings. The molecule has 1 unspecified atom stereocenters. The lowest BCUT2D eigenvalue weighted by Crippen LogP contribution is -2.33. The van der Waals surface area contributed by atoms with Crippen LogP contribution < -0.4 is 5.32 Å². The number of carbonyl (C=O) groups is 2. The van der Waals surface area contributed by atoms with Gasteiger partial charge in [-0.15, -0.1) is 0 Å². The van der Waals surface area contributed by atoms with Gasteiger partial charge in [0.15, 0.2) is 0 Å². The first-order valence-corrected chi connectivity index (χ1v) is 5.62. The first-order chi connectivity index (χ1) is 8.54. The predicted octanol–water partition coefficient (Wildman–Crippen LogP) is 1.17. The third kappa shape index (κ3) is 4.18. The molecule has 18 heavy (non-hydrogen) atoms. The van der Waals surface area contributed by atoms with E-state index in [-0.39, 0.29) is 0 Å². The second-order valence-electron chi connectivity index (χ2n) is 4.03. The lowest BCUT2D eigenvalue weighted by atomic mass is 10.1. The Labute approximate surface area is 106 Å². The van der Waals surface area contributed by atoms with Crippen molar-refractivity contribution >= 4 is 11.9 Å². The number of nitrogens with one attached hydrogen (secondary N) is 1. The molecule has 0 aliphatic rings. The summed E-state index contributed by atoms with van der Waals surface area (Å²) in [5.41, 5.74) is 1.92. The Morgan fingerprint density at radius 3 is 2.67 bits per heavy atom. The van der Waals surface area contributed by atoms with Gasteiger partial charge in [0.05, 0.1) is 6.61 Å². The fraction of sp³-hybridized carbons (Fsp3) is 0.385. The van der Waals surface area contributed by atoms with E-state index in [9.17, 15) is 9.59 Å². The average Bonchev–Trinajstić information content (AvgIpc) is 2.36. The summed E-state index contributed by atoms with van der Waals surface area (Å²) in [5, 5.41) is 11.3. The standard InChI is InChI=1S/C13H17NO4/c1-9(13(16)17)12(15)14-7-10-4-3-5-11(6-10)8-18-2/h3-6,9H,7-8H2,1-2H3,(H,14,15)(H,16,17). The highest BCUT2D eigenvalue weighted by Crippen LogP contribution is 2.06. The van der Waals surface area contributed by atoms with Gasteiger partial charge in [-0.25, -0.2) is 0 Å². The van der Waals surface area contributed by atoms with E-state index < -0.39 is 17.8 Å². The number of hydrogen-bond donors (Lipinski definition) is 2. The molecule has 0 aromatic heterocycles. The summed E-state index contributed by atoms with van der Waals surface area (Å²) in [5.74, 6) is -2.65. The molecule has 1 amide bonds. The average molecular weight is 251 g/mol. The van der Waals surface area contributed by atoms with Gasteiger partial charge in [-0.2, -0.15) is 0 Å². The van der Waals surface area contributed by atoms with E-state index in [1.807, 2.05) is 24.3 Å². The van der Waals surface area contributed by atoms with Gasteiger partial charge in [0.1, 0.15) is 5.92 Å². The molecule has 1 rings (SSSR count). The molecule has 5 nitrogen and oxygen atoms in total. The van der Waals surface area contributed by atoms with Crippen LogP contribution in [0.5, 0.6) is 0 Å². The Morgan fingerprint density at radius 1 is 1.39 bits per heavy atom. The topological polar surface area (TPSA) is 75.6 Å². The Hall–Kier alpha value is -1.88. The van der Waals surface area contributed by atoms with Crippen LogP contribution in [-0.4, -0.2) is 24.1 Å². The molecule has 0 saturated heterocycles. The highest BCUT2D eigenvalue weighted by Gasteiger charge is 2.19. The van der Waals surface area contributed by atoms with Crippen LogP contribution in [0.4, 0.5) is 0 Å². The minimum atomic E-state index is -1.12. The molecule has 1 aromatic carbocycles. The van der Waals surface area contributed by atoms with Crippen LogP contribution in [0.1, 0.15) is 18.1 Å². The second kappa shape index (κ2) is 6.76. The van der Waals surface area contributed by atoms with E-state index in [1.54, 1.807) is 7.11 Å². The van der Waals surface area contributed by atoms with E-state index in [2.05, 4.69) is 5.32 Å². The fourth-order valence-electron chi connectivity index (χ4n) is 1.45. The van der Waals surface area contributed by atoms with E-state index >= 15 is 0 Å². The number of carbonyl (C=O) groups excluding carboxylic acids is 1. The third-order valence-electron chi connectivity index (χ3n) is 2.53. The number of hydrogen-bond acceptors (Lipinski definition) is 3. The zero-order valence-electron chi connectivity index (χ0n) is 10.5. The number of carboxylic acid groups (broad SMARTS) is 1. The molecule has 0 aliphatic heterocycles. The number of benzene rings is 1. The summed E-state index contributed by atoms with van der Waals surface area (Å²) in [6, 6.07) is 7.57. The number of ether oxygens (including phenoxy) is 1. The molecule has 2 N–H and O–H groups in total. The van der Waals surface area contributed by atoms with E-state index in [1.165, 1.54) is 6.92 Å². The molecule has 0 saturated carbocycles. The third-order valence-corrected chi connectivity index (χ3v) is 2.53.